The van der Waals surface area contributed by atoms with Crippen LogP contribution in [0.15, 0.2) is 40.2 Å². The zero-order chi connectivity index (χ0) is 12.3. The van der Waals surface area contributed by atoms with E-state index in [0.29, 0.717) is 0 Å². The maximum absolute atomic E-state index is 13.3. The topological polar surface area (TPSA) is 12.0 Å². The first-order chi connectivity index (χ1) is 8.19. The molecule has 90 valence electrons. The van der Waals surface area contributed by atoms with Crippen molar-refractivity contribution in [1.82, 2.24) is 5.32 Å². The van der Waals surface area contributed by atoms with Crippen molar-refractivity contribution in [3.05, 3.63) is 56.4 Å². The van der Waals surface area contributed by atoms with E-state index < -0.39 is 0 Å². The summed E-state index contributed by atoms with van der Waals surface area (Å²) >= 11 is 5.05. The second kappa shape index (κ2) is 5.76. The highest BCUT2D eigenvalue weighted by molar-refractivity contribution is 9.10. The zero-order valence-corrected chi connectivity index (χ0v) is 11.8. The van der Waals surface area contributed by atoms with Gasteiger partial charge in [0.1, 0.15) is 5.82 Å². The first-order valence-corrected chi connectivity index (χ1v) is 7.02. The molecule has 0 aliphatic rings. The molecule has 1 atom stereocenters. The highest BCUT2D eigenvalue weighted by Crippen LogP contribution is 2.24. The summed E-state index contributed by atoms with van der Waals surface area (Å²) in [5.74, 6) is -0.208. The van der Waals surface area contributed by atoms with E-state index in [9.17, 15) is 4.39 Å². The molecule has 1 aromatic carbocycles. The Morgan fingerprint density at radius 2 is 2.24 bits per heavy atom. The van der Waals surface area contributed by atoms with Gasteiger partial charge in [-0.05, 0) is 42.3 Å². The van der Waals surface area contributed by atoms with Crippen LogP contribution in [0.2, 0.25) is 0 Å². The molecule has 1 N–H and O–H groups in total. The number of thiophene rings is 1. The molecule has 1 nitrogen and oxygen atoms in total. The van der Waals surface area contributed by atoms with E-state index in [1.165, 1.54) is 10.9 Å². The lowest BCUT2D eigenvalue weighted by Crippen LogP contribution is -2.18. The lowest BCUT2D eigenvalue weighted by Gasteiger charge is -2.16. The smallest absolute Gasteiger partial charge is 0.124 e. The fourth-order valence-corrected chi connectivity index (χ4v) is 3.03. The first-order valence-electron chi connectivity index (χ1n) is 5.34. The van der Waals surface area contributed by atoms with Gasteiger partial charge in [0.05, 0.1) is 0 Å². The van der Waals surface area contributed by atoms with Gasteiger partial charge in [-0.25, -0.2) is 4.39 Å². The van der Waals surface area contributed by atoms with Gasteiger partial charge < -0.3 is 5.32 Å². The van der Waals surface area contributed by atoms with Crippen LogP contribution in [0, 0.1) is 5.82 Å². The first kappa shape index (κ1) is 12.7. The molecule has 0 aliphatic heterocycles. The van der Waals surface area contributed by atoms with Crippen LogP contribution in [-0.2, 0) is 6.42 Å². The van der Waals surface area contributed by atoms with Gasteiger partial charge in [0, 0.05) is 21.8 Å². The van der Waals surface area contributed by atoms with Crippen LogP contribution in [0.5, 0.6) is 0 Å². The van der Waals surface area contributed by atoms with Gasteiger partial charge in [0.25, 0.3) is 0 Å². The molecule has 1 unspecified atom stereocenters. The molecule has 0 amide bonds. The standard InChI is InChI=1S/C13H13BrFNS/c1-16-13(8-12-3-2-4-17-12)9-5-10(14)7-11(15)6-9/h2-7,13,16H,8H2,1H3. The van der Waals surface area contributed by atoms with Gasteiger partial charge in [-0.2, -0.15) is 0 Å². The van der Waals surface area contributed by atoms with Gasteiger partial charge in [-0.1, -0.05) is 22.0 Å². The fraction of sp³-hybridized carbons (Fsp3) is 0.231. The molecular weight excluding hydrogens is 301 g/mol. The normalized spacial score (nSPS) is 12.6. The summed E-state index contributed by atoms with van der Waals surface area (Å²) in [5, 5.41) is 5.29. The molecule has 0 fully saturated rings. The van der Waals surface area contributed by atoms with Crippen LogP contribution in [0.4, 0.5) is 4.39 Å². The molecule has 0 saturated carbocycles. The number of nitrogens with one attached hydrogen (secondary N) is 1. The molecule has 17 heavy (non-hydrogen) atoms. The molecule has 0 saturated heterocycles. The van der Waals surface area contributed by atoms with Gasteiger partial charge in [-0.15, -0.1) is 11.3 Å². The quantitative estimate of drug-likeness (QED) is 0.894. The van der Waals surface area contributed by atoms with Gasteiger partial charge in [0.2, 0.25) is 0 Å². The largest absolute Gasteiger partial charge is 0.313 e. The van der Waals surface area contributed by atoms with E-state index in [1.54, 1.807) is 17.4 Å². The molecule has 0 aliphatic carbocycles. The van der Waals surface area contributed by atoms with Crippen LogP contribution in [0.1, 0.15) is 16.5 Å². The summed E-state index contributed by atoms with van der Waals surface area (Å²) in [5.41, 5.74) is 0.966. The third-order valence-electron chi connectivity index (χ3n) is 2.62. The number of halogens is 2. The van der Waals surface area contributed by atoms with Crippen molar-refractivity contribution in [2.24, 2.45) is 0 Å². The molecule has 0 spiro atoms. The summed E-state index contributed by atoms with van der Waals surface area (Å²) in [6.07, 6.45) is 0.879. The average Bonchev–Trinajstić information content (AvgIpc) is 2.77. The summed E-state index contributed by atoms with van der Waals surface area (Å²) in [7, 11) is 1.90. The number of benzene rings is 1. The second-order valence-corrected chi connectivity index (χ2v) is 5.78. The molecule has 4 heteroatoms. The van der Waals surface area contributed by atoms with E-state index >= 15 is 0 Å². The Hall–Kier alpha value is -0.710. The van der Waals surface area contributed by atoms with Crippen molar-refractivity contribution in [2.45, 2.75) is 12.5 Å². The number of hydrogen-bond donors (Lipinski definition) is 1. The lowest BCUT2D eigenvalue weighted by atomic mass is 10.0. The Kier molecular flexibility index (Phi) is 4.31. The van der Waals surface area contributed by atoms with Crippen molar-refractivity contribution in [2.75, 3.05) is 7.05 Å². The third kappa shape index (κ3) is 3.37. The van der Waals surface area contributed by atoms with Crippen LogP contribution in [0.25, 0.3) is 0 Å². The minimum absolute atomic E-state index is 0.139. The van der Waals surface area contributed by atoms with Gasteiger partial charge in [-0.3, -0.25) is 0 Å². The predicted octanol–water partition coefficient (Wildman–Crippen LogP) is 4.15. The van der Waals surface area contributed by atoms with Crippen LogP contribution in [0.3, 0.4) is 0 Å². The molecule has 2 aromatic rings. The maximum Gasteiger partial charge on any atom is 0.124 e. The maximum atomic E-state index is 13.3. The van der Waals surface area contributed by atoms with Crippen molar-refractivity contribution in [3.63, 3.8) is 0 Å². The summed E-state index contributed by atoms with van der Waals surface area (Å²) in [6.45, 7) is 0. The van der Waals surface area contributed by atoms with Crippen LogP contribution >= 0.6 is 27.3 Å². The van der Waals surface area contributed by atoms with E-state index in [1.807, 2.05) is 19.2 Å². The second-order valence-electron chi connectivity index (χ2n) is 3.83. The Morgan fingerprint density at radius 3 is 2.82 bits per heavy atom. The third-order valence-corrected chi connectivity index (χ3v) is 3.98. The predicted molar refractivity (Wildman–Crippen MR) is 73.9 cm³/mol. The molecular formula is C13H13BrFNS. The van der Waals surface area contributed by atoms with Crippen molar-refractivity contribution < 1.29 is 4.39 Å². The van der Waals surface area contributed by atoms with E-state index in [0.717, 1.165) is 16.5 Å². The Labute approximate surface area is 113 Å². The minimum atomic E-state index is -0.208. The lowest BCUT2D eigenvalue weighted by molar-refractivity contribution is 0.580. The summed E-state index contributed by atoms with van der Waals surface area (Å²) < 4.78 is 14.1. The van der Waals surface area contributed by atoms with Crippen molar-refractivity contribution in [3.8, 4) is 0 Å². The SMILES string of the molecule is CNC(Cc1cccs1)c1cc(F)cc(Br)c1. The molecule has 2 rings (SSSR count). The molecule has 1 aromatic heterocycles. The Balaban J connectivity index is 2.22. The van der Waals surface area contributed by atoms with E-state index in [2.05, 4.69) is 32.7 Å². The molecule has 1 heterocycles. The Bertz CT molecular complexity index is 464. The molecule has 0 bridgehead atoms. The highest BCUT2D eigenvalue weighted by Gasteiger charge is 2.12. The van der Waals surface area contributed by atoms with E-state index in [-0.39, 0.29) is 11.9 Å². The summed E-state index contributed by atoms with van der Waals surface area (Å²) in [4.78, 5) is 1.30. The van der Waals surface area contributed by atoms with Crippen molar-refractivity contribution in [1.29, 1.82) is 0 Å². The zero-order valence-electron chi connectivity index (χ0n) is 9.41. The number of hydrogen-bond acceptors (Lipinski definition) is 2. The fourth-order valence-electron chi connectivity index (χ4n) is 1.79. The monoisotopic (exact) mass is 313 g/mol. The van der Waals surface area contributed by atoms with E-state index in [4.69, 9.17) is 0 Å². The van der Waals surface area contributed by atoms with Crippen molar-refractivity contribution >= 4 is 27.3 Å². The number of likely N-dealkylation sites (N-methyl/N-ethyl adjacent to an activating group) is 1. The average molecular weight is 314 g/mol. The van der Waals surface area contributed by atoms with Crippen LogP contribution in [-0.4, -0.2) is 7.05 Å². The minimum Gasteiger partial charge on any atom is -0.313 e. The van der Waals surface area contributed by atoms with Crippen LogP contribution < -0.4 is 5.32 Å². The van der Waals surface area contributed by atoms with Gasteiger partial charge in [0.15, 0.2) is 0 Å². The van der Waals surface area contributed by atoms with Gasteiger partial charge >= 0.3 is 0 Å². The highest BCUT2D eigenvalue weighted by atomic mass is 79.9. The summed E-state index contributed by atoms with van der Waals surface area (Å²) in [6, 6.07) is 9.29. The molecule has 0 radical (unpaired) electrons. The Morgan fingerprint density at radius 1 is 1.41 bits per heavy atom. The number of rotatable bonds is 4.